The zero-order chi connectivity index (χ0) is 13.8. The van der Waals surface area contributed by atoms with Gasteiger partial charge in [0.05, 0.1) is 6.61 Å². The third kappa shape index (κ3) is 3.22. The van der Waals surface area contributed by atoms with E-state index in [2.05, 4.69) is 12.1 Å². The summed E-state index contributed by atoms with van der Waals surface area (Å²) in [7, 11) is 1.69. The molecule has 0 aliphatic carbocycles. The van der Waals surface area contributed by atoms with Crippen LogP contribution in [0.5, 0.6) is 0 Å². The Kier molecular flexibility index (Phi) is 4.35. The summed E-state index contributed by atoms with van der Waals surface area (Å²) in [5.74, 6) is -0.865. The van der Waals surface area contributed by atoms with Gasteiger partial charge in [0.2, 0.25) is 0 Å². The summed E-state index contributed by atoms with van der Waals surface area (Å²) in [6, 6.07) is 9.92. The molecular weight excluding hydrogens is 260 g/mol. The van der Waals surface area contributed by atoms with Crippen LogP contribution in [0.25, 0.3) is 10.4 Å². The van der Waals surface area contributed by atoms with E-state index < -0.39 is 5.97 Å². The largest absolute Gasteiger partial charge is 0.477 e. The van der Waals surface area contributed by atoms with Crippen LogP contribution >= 0.6 is 11.3 Å². The number of thiophene rings is 1. The number of hydrogen-bond donors (Lipinski definition) is 1. The van der Waals surface area contributed by atoms with Gasteiger partial charge in [-0.1, -0.05) is 24.3 Å². The van der Waals surface area contributed by atoms with Crippen LogP contribution in [0.4, 0.5) is 0 Å². The molecule has 100 valence electrons. The molecule has 0 saturated carbocycles. The number of benzene rings is 1. The van der Waals surface area contributed by atoms with E-state index in [0.717, 1.165) is 22.4 Å². The van der Waals surface area contributed by atoms with Crippen LogP contribution in [0, 0.1) is 6.92 Å². The molecule has 0 unspecified atom stereocenters. The molecule has 0 saturated heterocycles. The number of aromatic carboxylic acids is 1. The molecule has 2 rings (SSSR count). The van der Waals surface area contributed by atoms with Gasteiger partial charge in [-0.15, -0.1) is 11.3 Å². The first-order valence-electron chi connectivity index (χ1n) is 6.04. The fraction of sp³-hybridized carbons (Fsp3) is 0.267. The molecule has 0 bridgehead atoms. The van der Waals surface area contributed by atoms with Crippen molar-refractivity contribution in [1.29, 1.82) is 0 Å². The molecule has 1 heterocycles. The summed E-state index contributed by atoms with van der Waals surface area (Å²) in [6.07, 6.45) is 0.889. The maximum Gasteiger partial charge on any atom is 0.345 e. The maximum atomic E-state index is 11.0. The quantitative estimate of drug-likeness (QED) is 0.907. The number of carboxylic acids is 1. The van der Waals surface area contributed by atoms with Crippen LogP contribution in [0.15, 0.2) is 30.3 Å². The fourth-order valence-electron chi connectivity index (χ4n) is 1.92. The molecule has 0 aliphatic rings. The Bertz CT molecular complexity index is 570. The van der Waals surface area contributed by atoms with Gasteiger partial charge in [0.15, 0.2) is 0 Å². The highest BCUT2D eigenvalue weighted by Gasteiger charge is 2.12. The van der Waals surface area contributed by atoms with Crippen LogP contribution in [-0.2, 0) is 11.2 Å². The van der Waals surface area contributed by atoms with E-state index in [0.29, 0.717) is 11.5 Å². The summed E-state index contributed by atoms with van der Waals surface area (Å²) in [5.41, 5.74) is 3.29. The van der Waals surface area contributed by atoms with Crippen LogP contribution in [0.1, 0.15) is 20.8 Å². The van der Waals surface area contributed by atoms with E-state index in [1.165, 1.54) is 16.9 Å². The van der Waals surface area contributed by atoms with E-state index in [1.807, 2.05) is 19.1 Å². The second-order valence-corrected chi connectivity index (χ2v) is 5.42. The smallest absolute Gasteiger partial charge is 0.345 e. The lowest BCUT2D eigenvalue weighted by molar-refractivity contribution is 0.0702. The van der Waals surface area contributed by atoms with E-state index in [4.69, 9.17) is 9.84 Å². The summed E-state index contributed by atoms with van der Waals surface area (Å²) >= 11 is 1.32. The van der Waals surface area contributed by atoms with Crippen molar-refractivity contribution in [2.24, 2.45) is 0 Å². The van der Waals surface area contributed by atoms with Gasteiger partial charge in [0, 0.05) is 12.0 Å². The van der Waals surface area contributed by atoms with E-state index in [9.17, 15) is 4.79 Å². The second-order valence-electron chi connectivity index (χ2n) is 4.37. The molecule has 19 heavy (non-hydrogen) atoms. The summed E-state index contributed by atoms with van der Waals surface area (Å²) in [5, 5.41) is 9.01. The Hall–Kier alpha value is -1.65. The third-order valence-electron chi connectivity index (χ3n) is 2.94. The lowest BCUT2D eigenvalue weighted by Gasteiger charge is -2.03. The number of rotatable bonds is 5. The molecule has 1 N–H and O–H groups in total. The van der Waals surface area contributed by atoms with Gasteiger partial charge in [-0.25, -0.2) is 4.79 Å². The Morgan fingerprint density at radius 3 is 2.53 bits per heavy atom. The molecule has 0 aliphatic heterocycles. The lowest BCUT2D eigenvalue weighted by atomic mass is 10.1. The first kappa shape index (κ1) is 13.8. The van der Waals surface area contributed by atoms with Crippen molar-refractivity contribution in [3.63, 3.8) is 0 Å². The SMILES string of the molecule is COCCc1ccc(-c2sc(C(=O)O)cc2C)cc1. The van der Waals surface area contributed by atoms with Crippen molar-refractivity contribution < 1.29 is 14.6 Å². The van der Waals surface area contributed by atoms with Crippen molar-refractivity contribution in [3.8, 4) is 10.4 Å². The number of ether oxygens (including phenoxy) is 1. The zero-order valence-corrected chi connectivity index (χ0v) is 11.8. The molecule has 1 aromatic carbocycles. The number of methoxy groups -OCH3 is 1. The molecule has 1 aromatic heterocycles. The van der Waals surface area contributed by atoms with Gasteiger partial charge in [0.25, 0.3) is 0 Å². The first-order valence-corrected chi connectivity index (χ1v) is 6.85. The molecule has 3 nitrogen and oxygen atoms in total. The minimum Gasteiger partial charge on any atom is -0.477 e. The predicted octanol–water partition coefficient (Wildman–Crippen LogP) is 3.61. The van der Waals surface area contributed by atoms with Crippen molar-refractivity contribution in [3.05, 3.63) is 46.3 Å². The summed E-state index contributed by atoms with van der Waals surface area (Å²) in [4.78, 5) is 12.4. The van der Waals surface area contributed by atoms with Crippen molar-refractivity contribution in [2.45, 2.75) is 13.3 Å². The standard InChI is InChI=1S/C15H16O3S/c1-10-9-13(15(16)17)19-14(10)12-5-3-11(4-6-12)7-8-18-2/h3-6,9H,7-8H2,1-2H3,(H,16,17). The highest BCUT2D eigenvalue weighted by atomic mass is 32.1. The molecule has 4 heteroatoms. The Morgan fingerprint density at radius 1 is 1.32 bits per heavy atom. The monoisotopic (exact) mass is 276 g/mol. The van der Waals surface area contributed by atoms with Crippen molar-refractivity contribution >= 4 is 17.3 Å². The average Bonchev–Trinajstić information content (AvgIpc) is 2.79. The molecular formula is C15H16O3S. The van der Waals surface area contributed by atoms with Gasteiger partial charge < -0.3 is 9.84 Å². The van der Waals surface area contributed by atoms with Crippen molar-refractivity contribution in [2.75, 3.05) is 13.7 Å². The fourth-order valence-corrected chi connectivity index (χ4v) is 2.93. The van der Waals surface area contributed by atoms with Gasteiger partial charge in [-0.3, -0.25) is 0 Å². The van der Waals surface area contributed by atoms with Crippen LogP contribution in [0.3, 0.4) is 0 Å². The molecule has 2 aromatic rings. The number of aryl methyl sites for hydroxylation is 1. The second kappa shape index (κ2) is 5.99. The molecule has 0 amide bonds. The highest BCUT2D eigenvalue weighted by molar-refractivity contribution is 7.17. The summed E-state index contributed by atoms with van der Waals surface area (Å²) in [6.45, 7) is 2.65. The van der Waals surface area contributed by atoms with E-state index in [1.54, 1.807) is 13.2 Å². The van der Waals surface area contributed by atoms with Crippen LogP contribution in [0.2, 0.25) is 0 Å². The summed E-state index contributed by atoms with van der Waals surface area (Å²) < 4.78 is 5.05. The van der Waals surface area contributed by atoms with Crippen LogP contribution < -0.4 is 0 Å². The lowest BCUT2D eigenvalue weighted by Crippen LogP contribution is -1.93. The third-order valence-corrected chi connectivity index (χ3v) is 4.21. The Labute approximate surface area is 116 Å². The molecule has 0 radical (unpaired) electrons. The molecule has 0 spiro atoms. The van der Waals surface area contributed by atoms with E-state index in [-0.39, 0.29) is 0 Å². The number of carbonyl (C=O) groups is 1. The molecule has 0 atom stereocenters. The Balaban J connectivity index is 2.24. The van der Waals surface area contributed by atoms with Crippen molar-refractivity contribution in [1.82, 2.24) is 0 Å². The highest BCUT2D eigenvalue weighted by Crippen LogP contribution is 2.32. The first-order chi connectivity index (χ1) is 9.11. The van der Waals surface area contributed by atoms with Gasteiger partial charge in [-0.2, -0.15) is 0 Å². The normalized spacial score (nSPS) is 10.6. The van der Waals surface area contributed by atoms with Gasteiger partial charge in [0.1, 0.15) is 4.88 Å². The molecule has 0 fully saturated rings. The minimum atomic E-state index is -0.865. The average molecular weight is 276 g/mol. The maximum absolute atomic E-state index is 11.0. The van der Waals surface area contributed by atoms with E-state index >= 15 is 0 Å². The van der Waals surface area contributed by atoms with Gasteiger partial charge in [-0.05, 0) is 36.1 Å². The topological polar surface area (TPSA) is 46.5 Å². The Morgan fingerprint density at radius 2 is 2.00 bits per heavy atom. The predicted molar refractivity (Wildman–Crippen MR) is 77.0 cm³/mol. The van der Waals surface area contributed by atoms with Crippen LogP contribution in [-0.4, -0.2) is 24.8 Å². The van der Waals surface area contributed by atoms with Gasteiger partial charge >= 0.3 is 5.97 Å². The number of hydrogen-bond acceptors (Lipinski definition) is 3. The number of carboxylic acid groups (broad SMARTS) is 1. The minimum absolute atomic E-state index is 0.385. The zero-order valence-electron chi connectivity index (χ0n) is 11.0.